The molecule has 0 saturated carbocycles. The highest BCUT2D eigenvalue weighted by Crippen LogP contribution is 2.30. The van der Waals surface area contributed by atoms with Crippen molar-refractivity contribution in [2.24, 2.45) is 0 Å². The fraction of sp³-hybridized carbons (Fsp3) is 0.348. The van der Waals surface area contributed by atoms with E-state index >= 15 is 0 Å². The average molecular weight is 406 g/mol. The summed E-state index contributed by atoms with van der Waals surface area (Å²) in [6.07, 6.45) is 4.21. The largest absolute Gasteiger partial charge is 0.493 e. The van der Waals surface area contributed by atoms with Gasteiger partial charge in [-0.1, -0.05) is 6.07 Å². The normalized spacial score (nSPS) is 13.9. The molecule has 7 heteroatoms. The first kappa shape index (κ1) is 20.1. The number of ether oxygens (including phenoxy) is 2. The van der Waals surface area contributed by atoms with Crippen molar-refractivity contribution in [1.82, 2.24) is 19.9 Å². The SMILES string of the molecule is COc1ccc(CN2CCc3nc(-c4cccnc4)[nH]c(=O)c3C2)cc1OC(C)C. The molecule has 0 spiro atoms. The third-order valence-electron chi connectivity index (χ3n) is 5.08. The molecule has 156 valence electrons. The molecule has 2 aromatic heterocycles. The zero-order valence-electron chi connectivity index (χ0n) is 17.5. The molecule has 1 aliphatic rings. The van der Waals surface area contributed by atoms with Crippen LogP contribution in [0.5, 0.6) is 11.5 Å². The summed E-state index contributed by atoms with van der Waals surface area (Å²) in [7, 11) is 1.64. The van der Waals surface area contributed by atoms with Gasteiger partial charge in [-0.05, 0) is 43.7 Å². The second kappa shape index (κ2) is 8.67. The molecule has 3 heterocycles. The van der Waals surface area contributed by atoms with Gasteiger partial charge in [0, 0.05) is 44.0 Å². The number of hydrogen-bond acceptors (Lipinski definition) is 6. The summed E-state index contributed by atoms with van der Waals surface area (Å²) in [5, 5.41) is 0. The van der Waals surface area contributed by atoms with E-state index in [1.165, 1.54) is 0 Å². The van der Waals surface area contributed by atoms with E-state index in [0.717, 1.165) is 53.4 Å². The molecule has 1 aliphatic heterocycles. The van der Waals surface area contributed by atoms with Crippen molar-refractivity contribution in [3.63, 3.8) is 0 Å². The Morgan fingerprint density at radius 3 is 2.83 bits per heavy atom. The van der Waals surface area contributed by atoms with Crippen LogP contribution in [0.4, 0.5) is 0 Å². The molecule has 30 heavy (non-hydrogen) atoms. The molecule has 0 atom stereocenters. The Balaban J connectivity index is 1.53. The van der Waals surface area contributed by atoms with Gasteiger partial charge < -0.3 is 14.5 Å². The van der Waals surface area contributed by atoms with Crippen molar-refractivity contribution in [3.05, 3.63) is 69.9 Å². The molecule has 0 amide bonds. The number of methoxy groups -OCH3 is 1. The van der Waals surface area contributed by atoms with Crippen LogP contribution in [0.1, 0.15) is 30.7 Å². The Hall–Kier alpha value is -3.19. The first-order chi connectivity index (χ1) is 14.5. The number of aromatic amines is 1. The summed E-state index contributed by atoms with van der Waals surface area (Å²) >= 11 is 0. The number of hydrogen-bond donors (Lipinski definition) is 1. The Kier molecular flexibility index (Phi) is 5.81. The smallest absolute Gasteiger partial charge is 0.255 e. The third kappa shape index (κ3) is 4.36. The molecule has 1 aromatic carbocycles. The van der Waals surface area contributed by atoms with Crippen molar-refractivity contribution in [2.45, 2.75) is 39.5 Å². The molecule has 0 aliphatic carbocycles. The molecule has 3 aromatic rings. The minimum Gasteiger partial charge on any atom is -0.493 e. The summed E-state index contributed by atoms with van der Waals surface area (Å²) in [5.74, 6) is 2.04. The summed E-state index contributed by atoms with van der Waals surface area (Å²) < 4.78 is 11.3. The van der Waals surface area contributed by atoms with Crippen molar-refractivity contribution in [1.29, 1.82) is 0 Å². The van der Waals surface area contributed by atoms with Crippen LogP contribution in [-0.2, 0) is 19.5 Å². The van der Waals surface area contributed by atoms with Gasteiger partial charge >= 0.3 is 0 Å². The molecule has 0 bridgehead atoms. The number of H-pyrrole nitrogens is 1. The van der Waals surface area contributed by atoms with Crippen LogP contribution in [0.25, 0.3) is 11.4 Å². The first-order valence-corrected chi connectivity index (χ1v) is 10.1. The Morgan fingerprint density at radius 1 is 1.23 bits per heavy atom. The van der Waals surface area contributed by atoms with E-state index in [1.807, 2.05) is 44.2 Å². The number of aromatic nitrogens is 3. The van der Waals surface area contributed by atoms with Gasteiger partial charge in [0.15, 0.2) is 11.5 Å². The van der Waals surface area contributed by atoms with E-state index in [-0.39, 0.29) is 11.7 Å². The Bertz CT molecular complexity index is 1080. The fourth-order valence-electron chi connectivity index (χ4n) is 3.68. The quantitative estimate of drug-likeness (QED) is 0.677. The van der Waals surface area contributed by atoms with Crippen molar-refractivity contribution >= 4 is 0 Å². The average Bonchev–Trinajstić information content (AvgIpc) is 2.74. The lowest BCUT2D eigenvalue weighted by Crippen LogP contribution is -2.35. The highest BCUT2D eigenvalue weighted by atomic mass is 16.5. The Morgan fingerprint density at radius 2 is 2.10 bits per heavy atom. The minimum absolute atomic E-state index is 0.0645. The van der Waals surface area contributed by atoms with Crippen LogP contribution in [0.3, 0.4) is 0 Å². The lowest BCUT2D eigenvalue weighted by atomic mass is 10.1. The molecule has 4 rings (SSSR count). The summed E-state index contributed by atoms with van der Waals surface area (Å²) in [4.78, 5) is 26.7. The van der Waals surface area contributed by atoms with Gasteiger partial charge in [-0.25, -0.2) is 4.98 Å². The third-order valence-corrected chi connectivity index (χ3v) is 5.08. The van der Waals surface area contributed by atoms with Crippen LogP contribution < -0.4 is 15.0 Å². The number of pyridine rings is 1. The molecular weight excluding hydrogens is 380 g/mol. The van der Waals surface area contributed by atoms with E-state index in [9.17, 15) is 4.79 Å². The van der Waals surface area contributed by atoms with Gasteiger partial charge in [-0.15, -0.1) is 0 Å². The topological polar surface area (TPSA) is 80.3 Å². The number of benzene rings is 1. The standard InChI is InChI=1S/C23H26N4O3/c1-15(2)30-21-11-16(6-7-20(21)29-3)13-27-10-8-19-18(14-27)23(28)26-22(25-19)17-5-4-9-24-12-17/h4-7,9,11-12,15H,8,10,13-14H2,1-3H3,(H,25,26,28). The summed E-state index contributed by atoms with van der Waals surface area (Å²) in [6, 6.07) is 9.72. The van der Waals surface area contributed by atoms with Crippen LogP contribution >= 0.6 is 0 Å². The van der Waals surface area contributed by atoms with E-state index < -0.39 is 0 Å². The zero-order chi connectivity index (χ0) is 21.1. The number of fused-ring (bicyclic) bond motifs is 1. The van der Waals surface area contributed by atoms with E-state index in [1.54, 1.807) is 19.5 Å². The molecule has 0 saturated heterocycles. The predicted molar refractivity (Wildman–Crippen MR) is 115 cm³/mol. The second-order valence-electron chi connectivity index (χ2n) is 7.69. The monoisotopic (exact) mass is 406 g/mol. The van der Waals surface area contributed by atoms with Crippen molar-refractivity contribution in [3.8, 4) is 22.9 Å². The van der Waals surface area contributed by atoms with Gasteiger partial charge in [-0.3, -0.25) is 14.7 Å². The predicted octanol–water partition coefficient (Wildman–Crippen LogP) is 3.19. The maximum Gasteiger partial charge on any atom is 0.255 e. The molecule has 1 N–H and O–H groups in total. The van der Waals surface area contributed by atoms with E-state index in [4.69, 9.17) is 14.5 Å². The van der Waals surface area contributed by atoms with E-state index in [2.05, 4.69) is 14.9 Å². The lowest BCUT2D eigenvalue weighted by Gasteiger charge is -2.28. The molecule has 0 fully saturated rings. The molecular formula is C23H26N4O3. The maximum absolute atomic E-state index is 12.7. The fourth-order valence-corrected chi connectivity index (χ4v) is 3.68. The van der Waals surface area contributed by atoms with Crippen molar-refractivity contribution < 1.29 is 9.47 Å². The molecule has 7 nitrogen and oxygen atoms in total. The summed E-state index contributed by atoms with van der Waals surface area (Å²) in [5.41, 5.74) is 3.46. The highest BCUT2D eigenvalue weighted by Gasteiger charge is 2.22. The molecule has 0 radical (unpaired) electrons. The van der Waals surface area contributed by atoms with Crippen molar-refractivity contribution in [2.75, 3.05) is 13.7 Å². The molecule has 0 unspecified atom stereocenters. The number of nitrogens with one attached hydrogen (secondary N) is 1. The highest BCUT2D eigenvalue weighted by molar-refractivity contribution is 5.53. The van der Waals surface area contributed by atoms with Gasteiger partial charge in [0.25, 0.3) is 5.56 Å². The van der Waals surface area contributed by atoms with Gasteiger partial charge in [0.2, 0.25) is 0 Å². The number of rotatable bonds is 6. The van der Waals surface area contributed by atoms with Gasteiger partial charge in [-0.2, -0.15) is 0 Å². The van der Waals surface area contributed by atoms with Crippen LogP contribution in [-0.4, -0.2) is 39.6 Å². The second-order valence-corrected chi connectivity index (χ2v) is 7.69. The Labute approximate surface area is 175 Å². The first-order valence-electron chi connectivity index (χ1n) is 10.1. The van der Waals surface area contributed by atoms with Crippen LogP contribution in [0.15, 0.2) is 47.5 Å². The van der Waals surface area contributed by atoms with Gasteiger partial charge in [0.1, 0.15) is 5.82 Å². The maximum atomic E-state index is 12.7. The van der Waals surface area contributed by atoms with Gasteiger partial charge in [0.05, 0.1) is 24.5 Å². The van der Waals surface area contributed by atoms with Crippen LogP contribution in [0, 0.1) is 0 Å². The minimum atomic E-state index is -0.0814. The zero-order valence-corrected chi connectivity index (χ0v) is 17.5. The van der Waals surface area contributed by atoms with Crippen LogP contribution in [0.2, 0.25) is 0 Å². The van der Waals surface area contributed by atoms with E-state index in [0.29, 0.717) is 12.4 Å². The number of nitrogens with zero attached hydrogens (tertiary/aromatic N) is 3. The lowest BCUT2D eigenvalue weighted by molar-refractivity contribution is 0.226. The summed E-state index contributed by atoms with van der Waals surface area (Å²) in [6.45, 7) is 6.11.